The highest BCUT2D eigenvalue weighted by molar-refractivity contribution is 6.76. The third-order valence-electron chi connectivity index (χ3n) is 1.86. The number of esters is 1. The predicted octanol–water partition coefficient (Wildman–Crippen LogP) is 2.65. The summed E-state index contributed by atoms with van der Waals surface area (Å²) in [5.41, 5.74) is 1.01. The summed E-state index contributed by atoms with van der Waals surface area (Å²) in [6.07, 6.45) is 0.990. The van der Waals surface area contributed by atoms with Gasteiger partial charge in [-0.3, -0.25) is 4.79 Å². The lowest BCUT2D eigenvalue weighted by molar-refractivity contribution is -0.141. The van der Waals surface area contributed by atoms with Crippen molar-refractivity contribution in [3.63, 3.8) is 0 Å². The fourth-order valence-electron chi connectivity index (χ4n) is 1.11. The summed E-state index contributed by atoms with van der Waals surface area (Å²) in [5.74, 6) is -0.122. The fourth-order valence-corrected chi connectivity index (χ4v) is 1.70. The molecule has 0 saturated heterocycles. The van der Waals surface area contributed by atoms with E-state index in [1.165, 1.54) is 0 Å². The molecule has 0 aliphatic heterocycles. The van der Waals surface area contributed by atoms with Crippen LogP contribution in [0.2, 0.25) is 19.6 Å². The molecule has 0 bridgehead atoms. The van der Waals surface area contributed by atoms with Gasteiger partial charge in [-0.25, -0.2) is 0 Å². The van der Waals surface area contributed by atoms with E-state index in [1.807, 2.05) is 30.3 Å². The third-order valence-corrected chi connectivity index (χ3v) is 2.87. The van der Waals surface area contributed by atoms with Gasteiger partial charge in [-0.1, -0.05) is 50.0 Å². The molecule has 0 saturated carbocycles. The molecule has 0 fully saturated rings. The summed E-state index contributed by atoms with van der Waals surface area (Å²) in [6.45, 7) is 6.55. The fraction of sp³-hybridized carbons (Fsp3) is 0.417. The van der Waals surface area contributed by atoms with Gasteiger partial charge in [0, 0.05) is 0 Å². The summed E-state index contributed by atoms with van der Waals surface area (Å²) in [5, 5.41) is 0. The molecule has 0 spiro atoms. The van der Waals surface area contributed by atoms with Crippen molar-refractivity contribution >= 4 is 14.0 Å². The van der Waals surface area contributed by atoms with Crippen LogP contribution in [-0.2, 0) is 16.0 Å². The Kier molecular flexibility index (Phi) is 4.09. The molecule has 0 aliphatic rings. The van der Waals surface area contributed by atoms with Crippen LogP contribution < -0.4 is 0 Å². The van der Waals surface area contributed by atoms with E-state index in [-0.39, 0.29) is 5.97 Å². The molecule has 0 N–H and O–H groups in total. The second-order valence-corrected chi connectivity index (χ2v) is 10.3. The van der Waals surface area contributed by atoms with Crippen LogP contribution in [0.1, 0.15) is 5.56 Å². The van der Waals surface area contributed by atoms with Gasteiger partial charge < -0.3 is 4.74 Å². The number of ether oxygens (including phenoxy) is 1. The Hall–Kier alpha value is -1.09. The van der Waals surface area contributed by atoms with Crippen molar-refractivity contribution in [2.75, 3.05) is 6.23 Å². The minimum Gasteiger partial charge on any atom is -0.469 e. The first-order valence-electron chi connectivity index (χ1n) is 5.17. The maximum absolute atomic E-state index is 11.5. The van der Waals surface area contributed by atoms with Crippen LogP contribution in [0, 0.1) is 0 Å². The lowest BCUT2D eigenvalue weighted by atomic mass is 10.2. The molecule has 3 heteroatoms. The molecule has 0 atom stereocenters. The van der Waals surface area contributed by atoms with Gasteiger partial charge >= 0.3 is 5.97 Å². The first-order valence-corrected chi connectivity index (χ1v) is 8.88. The van der Waals surface area contributed by atoms with Crippen LogP contribution in [-0.4, -0.2) is 20.3 Å². The zero-order valence-electron chi connectivity index (χ0n) is 9.62. The van der Waals surface area contributed by atoms with Crippen molar-refractivity contribution in [3.05, 3.63) is 35.9 Å². The topological polar surface area (TPSA) is 26.3 Å². The van der Waals surface area contributed by atoms with Crippen LogP contribution in [0.15, 0.2) is 30.3 Å². The Labute approximate surface area is 92.3 Å². The molecule has 15 heavy (non-hydrogen) atoms. The molecule has 0 aliphatic carbocycles. The van der Waals surface area contributed by atoms with Crippen LogP contribution in [0.3, 0.4) is 0 Å². The zero-order valence-corrected chi connectivity index (χ0v) is 10.6. The van der Waals surface area contributed by atoms with Gasteiger partial charge in [-0.2, -0.15) is 0 Å². The minimum absolute atomic E-state index is 0.122. The van der Waals surface area contributed by atoms with Gasteiger partial charge in [0.1, 0.15) is 0 Å². The van der Waals surface area contributed by atoms with Gasteiger partial charge in [0.15, 0.2) is 0 Å². The number of hydrogen-bond donors (Lipinski definition) is 0. The Morgan fingerprint density at radius 3 is 2.33 bits per heavy atom. The molecule has 0 unspecified atom stereocenters. The highest BCUT2D eigenvalue weighted by atomic mass is 28.3. The quantitative estimate of drug-likeness (QED) is 0.578. The predicted molar refractivity (Wildman–Crippen MR) is 64.5 cm³/mol. The van der Waals surface area contributed by atoms with E-state index in [9.17, 15) is 4.79 Å². The zero-order chi connectivity index (χ0) is 11.3. The molecule has 0 amide bonds. The van der Waals surface area contributed by atoms with E-state index in [1.54, 1.807) is 0 Å². The Morgan fingerprint density at radius 2 is 1.80 bits per heavy atom. The smallest absolute Gasteiger partial charge is 0.309 e. The molecule has 1 rings (SSSR count). The summed E-state index contributed by atoms with van der Waals surface area (Å²) in [6, 6.07) is 9.69. The van der Waals surface area contributed by atoms with Crippen LogP contribution >= 0.6 is 0 Å². The maximum atomic E-state index is 11.5. The summed E-state index contributed by atoms with van der Waals surface area (Å²) in [4.78, 5) is 11.5. The van der Waals surface area contributed by atoms with Gasteiger partial charge in [0.25, 0.3) is 0 Å². The monoisotopic (exact) mass is 222 g/mol. The van der Waals surface area contributed by atoms with Crippen LogP contribution in [0.4, 0.5) is 0 Å². The molecule has 0 aromatic heterocycles. The van der Waals surface area contributed by atoms with Crippen LogP contribution in [0.25, 0.3) is 0 Å². The largest absolute Gasteiger partial charge is 0.469 e. The van der Waals surface area contributed by atoms with Crippen molar-refractivity contribution in [3.8, 4) is 0 Å². The Morgan fingerprint density at radius 1 is 1.20 bits per heavy atom. The summed E-state index contributed by atoms with van der Waals surface area (Å²) < 4.78 is 5.23. The first-order chi connectivity index (χ1) is 6.97. The number of rotatable bonds is 4. The average molecular weight is 222 g/mol. The van der Waals surface area contributed by atoms with Gasteiger partial charge in [0.05, 0.1) is 20.7 Å². The number of carbonyl (C=O) groups excluding carboxylic acids is 1. The lowest BCUT2D eigenvalue weighted by Gasteiger charge is -2.15. The van der Waals surface area contributed by atoms with Crippen molar-refractivity contribution in [1.82, 2.24) is 0 Å². The molecule has 0 radical (unpaired) electrons. The van der Waals surface area contributed by atoms with E-state index in [2.05, 4.69) is 19.6 Å². The van der Waals surface area contributed by atoms with Crippen molar-refractivity contribution in [1.29, 1.82) is 0 Å². The SMILES string of the molecule is C[Si](C)(C)COC(=O)Cc1ccccc1. The molecule has 1 aromatic carbocycles. The number of hydrogen-bond acceptors (Lipinski definition) is 2. The van der Waals surface area contributed by atoms with E-state index in [0.717, 1.165) is 5.56 Å². The van der Waals surface area contributed by atoms with Gasteiger partial charge in [-0.05, 0) is 5.56 Å². The lowest BCUT2D eigenvalue weighted by Crippen LogP contribution is -2.30. The summed E-state index contributed by atoms with van der Waals surface area (Å²) >= 11 is 0. The third kappa shape index (κ3) is 5.37. The van der Waals surface area contributed by atoms with Crippen molar-refractivity contribution in [2.24, 2.45) is 0 Å². The maximum Gasteiger partial charge on any atom is 0.309 e. The summed E-state index contributed by atoms with van der Waals surface area (Å²) in [7, 11) is -1.28. The first kappa shape index (κ1) is 12.0. The Bertz CT molecular complexity index is 314. The molecule has 1 aromatic rings. The molecule has 82 valence electrons. The van der Waals surface area contributed by atoms with Gasteiger partial charge in [-0.15, -0.1) is 0 Å². The number of benzene rings is 1. The second kappa shape index (κ2) is 5.12. The standard InChI is InChI=1S/C12H18O2Si/c1-15(2,3)10-14-12(13)9-11-7-5-4-6-8-11/h4-8H,9-10H2,1-3H3. The van der Waals surface area contributed by atoms with Gasteiger partial charge in [0.2, 0.25) is 0 Å². The highest BCUT2D eigenvalue weighted by Gasteiger charge is 2.16. The van der Waals surface area contributed by atoms with Crippen molar-refractivity contribution < 1.29 is 9.53 Å². The van der Waals surface area contributed by atoms with E-state index in [4.69, 9.17) is 4.74 Å². The van der Waals surface area contributed by atoms with E-state index in [0.29, 0.717) is 12.7 Å². The molecular formula is C12H18O2Si. The molecular weight excluding hydrogens is 204 g/mol. The average Bonchev–Trinajstić information content (AvgIpc) is 2.15. The van der Waals surface area contributed by atoms with E-state index >= 15 is 0 Å². The number of carbonyl (C=O) groups is 1. The minimum atomic E-state index is -1.28. The normalized spacial score (nSPS) is 11.1. The second-order valence-electron chi connectivity index (χ2n) is 4.88. The van der Waals surface area contributed by atoms with E-state index < -0.39 is 8.07 Å². The Balaban J connectivity index is 2.38. The highest BCUT2D eigenvalue weighted by Crippen LogP contribution is 2.04. The van der Waals surface area contributed by atoms with Crippen molar-refractivity contribution in [2.45, 2.75) is 26.1 Å². The van der Waals surface area contributed by atoms with Crippen LogP contribution in [0.5, 0.6) is 0 Å². The molecule has 2 nitrogen and oxygen atoms in total. The molecule has 0 heterocycles.